The number of aromatic nitrogens is 1. The van der Waals surface area contributed by atoms with Crippen LogP contribution in [0.3, 0.4) is 0 Å². The molecule has 0 N–H and O–H groups in total. The van der Waals surface area contributed by atoms with Crippen molar-refractivity contribution in [1.29, 1.82) is 0 Å². The molecule has 29 heavy (non-hydrogen) atoms. The van der Waals surface area contributed by atoms with Crippen molar-refractivity contribution in [2.45, 2.75) is 5.66 Å². The van der Waals surface area contributed by atoms with Crippen LogP contribution in [0.5, 0.6) is 0 Å². The molecule has 5 nitrogen and oxygen atoms in total. The SMILES string of the molecule is O=C(c1ccc(F)nc1)N1CCN2C(=O)c3ccccc3C12c1ccc(F)cc1. The highest BCUT2D eigenvalue weighted by Crippen LogP contribution is 2.49. The highest BCUT2D eigenvalue weighted by molar-refractivity contribution is 6.03. The molecule has 0 bridgehead atoms. The number of rotatable bonds is 2. The number of benzene rings is 2. The maximum absolute atomic E-state index is 13.6. The lowest BCUT2D eigenvalue weighted by Gasteiger charge is -2.40. The fraction of sp³-hybridized carbons (Fsp3) is 0.136. The Morgan fingerprint density at radius 2 is 1.72 bits per heavy atom. The molecule has 7 heteroatoms. The third kappa shape index (κ3) is 2.33. The lowest BCUT2D eigenvalue weighted by molar-refractivity contribution is 0.0375. The molecule has 1 aromatic heterocycles. The minimum absolute atomic E-state index is 0.183. The van der Waals surface area contributed by atoms with Gasteiger partial charge >= 0.3 is 0 Å². The maximum Gasteiger partial charge on any atom is 0.257 e. The van der Waals surface area contributed by atoms with Crippen LogP contribution in [0, 0.1) is 11.8 Å². The molecule has 1 atom stereocenters. The van der Waals surface area contributed by atoms with Crippen molar-refractivity contribution in [3.8, 4) is 0 Å². The summed E-state index contributed by atoms with van der Waals surface area (Å²) in [7, 11) is 0. The first-order chi connectivity index (χ1) is 14.0. The zero-order chi connectivity index (χ0) is 20.2. The van der Waals surface area contributed by atoms with Crippen LogP contribution in [0.4, 0.5) is 8.78 Å². The molecule has 0 spiro atoms. The molecule has 0 aliphatic carbocycles. The fourth-order valence-corrected chi connectivity index (χ4v) is 4.38. The monoisotopic (exact) mass is 391 g/mol. The molecule has 2 aromatic carbocycles. The summed E-state index contributed by atoms with van der Waals surface area (Å²) in [5.74, 6) is -1.65. The molecule has 1 fully saturated rings. The molecule has 5 rings (SSSR count). The standard InChI is InChI=1S/C22H15F2N3O2/c23-16-8-6-15(7-9-16)22-18-4-2-1-3-17(18)21(29)27(22)12-11-26(22)20(28)14-5-10-19(24)25-13-14/h1-10,13H,11-12H2. The zero-order valence-corrected chi connectivity index (χ0v) is 15.2. The predicted octanol–water partition coefficient (Wildman–Crippen LogP) is 3.17. The Bertz CT molecular complexity index is 1130. The van der Waals surface area contributed by atoms with E-state index >= 15 is 0 Å². The molecule has 3 heterocycles. The molecule has 0 saturated carbocycles. The molecule has 0 radical (unpaired) electrons. The van der Waals surface area contributed by atoms with Crippen LogP contribution in [0.15, 0.2) is 66.9 Å². The van der Waals surface area contributed by atoms with E-state index in [1.165, 1.54) is 24.4 Å². The molecule has 1 saturated heterocycles. The van der Waals surface area contributed by atoms with Crippen LogP contribution in [-0.2, 0) is 5.66 Å². The van der Waals surface area contributed by atoms with E-state index in [0.29, 0.717) is 23.2 Å². The van der Waals surface area contributed by atoms with Crippen molar-refractivity contribution < 1.29 is 18.4 Å². The Balaban J connectivity index is 1.74. The molecule has 2 aliphatic heterocycles. The number of halogens is 2. The number of hydrogen-bond donors (Lipinski definition) is 0. The number of carbonyl (C=O) groups excluding carboxylic acids is 2. The smallest absolute Gasteiger partial charge is 0.257 e. The number of pyridine rings is 1. The zero-order valence-electron chi connectivity index (χ0n) is 15.2. The second kappa shape index (κ2) is 6.20. The van der Waals surface area contributed by atoms with Crippen LogP contribution in [0.25, 0.3) is 0 Å². The minimum Gasteiger partial charge on any atom is -0.306 e. The van der Waals surface area contributed by atoms with Crippen LogP contribution < -0.4 is 0 Å². The van der Waals surface area contributed by atoms with E-state index in [2.05, 4.69) is 4.98 Å². The topological polar surface area (TPSA) is 53.5 Å². The fourth-order valence-electron chi connectivity index (χ4n) is 4.38. The summed E-state index contributed by atoms with van der Waals surface area (Å²) >= 11 is 0. The summed E-state index contributed by atoms with van der Waals surface area (Å²) in [6, 6.07) is 15.4. The van der Waals surface area contributed by atoms with E-state index in [-0.39, 0.29) is 23.9 Å². The highest BCUT2D eigenvalue weighted by atomic mass is 19.1. The summed E-state index contributed by atoms with van der Waals surface area (Å²) in [6.45, 7) is 0.610. The van der Waals surface area contributed by atoms with Gasteiger partial charge in [0.2, 0.25) is 5.95 Å². The van der Waals surface area contributed by atoms with Gasteiger partial charge in [0.05, 0.1) is 5.56 Å². The average Bonchev–Trinajstić information content (AvgIpc) is 3.25. The number of fused-ring (bicyclic) bond motifs is 3. The molecule has 1 unspecified atom stereocenters. The number of nitrogens with zero attached hydrogens (tertiary/aromatic N) is 3. The van der Waals surface area contributed by atoms with Gasteiger partial charge in [-0.2, -0.15) is 4.39 Å². The number of carbonyl (C=O) groups is 2. The first kappa shape index (κ1) is 17.5. The quantitative estimate of drug-likeness (QED) is 0.631. The van der Waals surface area contributed by atoms with Crippen molar-refractivity contribution in [3.05, 3.63) is 101 Å². The lowest BCUT2D eigenvalue weighted by Crippen LogP contribution is -2.51. The van der Waals surface area contributed by atoms with Crippen molar-refractivity contribution >= 4 is 11.8 Å². The van der Waals surface area contributed by atoms with Gasteiger partial charge < -0.3 is 9.80 Å². The Morgan fingerprint density at radius 3 is 2.45 bits per heavy atom. The number of amides is 2. The van der Waals surface area contributed by atoms with E-state index in [1.54, 1.807) is 40.1 Å². The summed E-state index contributed by atoms with van der Waals surface area (Å²) in [4.78, 5) is 33.3. The van der Waals surface area contributed by atoms with Gasteiger partial charge in [0.1, 0.15) is 5.82 Å². The lowest BCUT2D eigenvalue weighted by atomic mass is 9.89. The molecule has 3 aromatic rings. The summed E-state index contributed by atoms with van der Waals surface area (Å²) in [5.41, 5.74) is 0.807. The third-order valence-corrected chi connectivity index (χ3v) is 5.57. The molecule has 2 amide bonds. The van der Waals surface area contributed by atoms with Gasteiger partial charge in [0.25, 0.3) is 11.8 Å². The van der Waals surface area contributed by atoms with Crippen molar-refractivity contribution in [2.75, 3.05) is 13.1 Å². The van der Waals surface area contributed by atoms with Crippen molar-refractivity contribution in [3.63, 3.8) is 0 Å². The molecule has 144 valence electrons. The van der Waals surface area contributed by atoms with E-state index < -0.39 is 17.4 Å². The van der Waals surface area contributed by atoms with Gasteiger partial charge in [-0.3, -0.25) is 9.59 Å². The second-order valence-electron chi connectivity index (χ2n) is 7.01. The van der Waals surface area contributed by atoms with E-state index in [1.807, 2.05) is 6.07 Å². The maximum atomic E-state index is 13.6. The van der Waals surface area contributed by atoms with Crippen LogP contribution in [0.1, 0.15) is 31.8 Å². The van der Waals surface area contributed by atoms with E-state index in [9.17, 15) is 18.4 Å². The molecular formula is C22H15F2N3O2. The molecular weight excluding hydrogens is 376 g/mol. The van der Waals surface area contributed by atoms with Crippen LogP contribution in [0.2, 0.25) is 0 Å². The first-order valence-electron chi connectivity index (χ1n) is 9.14. The Morgan fingerprint density at radius 1 is 0.966 bits per heavy atom. The van der Waals surface area contributed by atoms with E-state index in [0.717, 1.165) is 6.07 Å². The van der Waals surface area contributed by atoms with Gasteiger partial charge in [-0.15, -0.1) is 0 Å². The summed E-state index contributed by atoms with van der Waals surface area (Å²) in [5, 5.41) is 0. The third-order valence-electron chi connectivity index (χ3n) is 5.57. The summed E-state index contributed by atoms with van der Waals surface area (Å²) < 4.78 is 26.9. The summed E-state index contributed by atoms with van der Waals surface area (Å²) in [6.07, 6.45) is 1.18. The van der Waals surface area contributed by atoms with Crippen molar-refractivity contribution in [2.24, 2.45) is 0 Å². The van der Waals surface area contributed by atoms with E-state index in [4.69, 9.17) is 0 Å². The average molecular weight is 391 g/mol. The number of hydrogen-bond acceptors (Lipinski definition) is 3. The van der Waals surface area contributed by atoms with Crippen LogP contribution in [-0.4, -0.2) is 39.7 Å². The Hall–Kier alpha value is -3.61. The van der Waals surface area contributed by atoms with Crippen molar-refractivity contribution in [1.82, 2.24) is 14.8 Å². The van der Waals surface area contributed by atoms with Gasteiger partial charge in [-0.05, 0) is 30.3 Å². The largest absolute Gasteiger partial charge is 0.306 e. The van der Waals surface area contributed by atoms with Gasteiger partial charge in [-0.1, -0.05) is 30.3 Å². The van der Waals surface area contributed by atoms with Gasteiger partial charge in [0, 0.05) is 36.0 Å². The predicted molar refractivity (Wildman–Crippen MR) is 99.9 cm³/mol. The van der Waals surface area contributed by atoms with Crippen LogP contribution >= 0.6 is 0 Å². The Labute approximate surface area is 165 Å². The minimum atomic E-state index is -1.19. The first-order valence-corrected chi connectivity index (χ1v) is 9.14. The highest BCUT2D eigenvalue weighted by Gasteiger charge is 2.59. The van der Waals surface area contributed by atoms with Gasteiger partial charge in [-0.25, -0.2) is 9.37 Å². The molecule has 2 aliphatic rings. The van der Waals surface area contributed by atoms with Gasteiger partial charge in [0.15, 0.2) is 5.66 Å². The normalized spacial score (nSPS) is 20.0. The Kier molecular flexibility index (Phi) is 3.74. The second-order valence-corrected chi connectivity index (χ2v) is 7.01.